The minimum atomic E-state index is 0.536. The predicted molar refractivity (Wildman–Crippen MR) is 82.9 cm³/mol. The van der Waals surface area contributed by atoms with Crippen molar-refractivity contribution in [3.63, 3.8) is 0 Å². The molecule has 1 aromatic heterocycles. The van der Waals surface area contributed by atoms with Crippen LogP contribution in [0.2, 0.25) is 0 Å². The van der Waals surface area contributed by atoms with Gasteiger partial charge in [-0.05, 0) is 11.7 Å². The van der Waals surface area contributed by atoms with Gasteiger partial charge in [0.05, 0.1) is 11.4 Å². The number of thioether (sulfide) groups is 1. The second-order valence-electron chi connectivity index (χ2n) is 4.87. The van der Waals surface area contributed by atoms with Crippen LogP contribution in [0.3, 0.4) is 0 Å². The SMILES string of the molecule is CC(C)CSCc1nc(N)cc(-c2ccccc2)n1. The first-order valence-corrected chi connectivity index (χ1v) is 7.57. The van der Waals surface area contributed by atoms with E-state index >= 15 is 0 Å². The van der Waals surface area contributed by atoms with Crippen molar-refractivity contribution >= 4 is 17.6 Å². The Labute approximate surface area is 118 Å². The predicted octanol–water partition coefficient (Wildman–Crippen LogP) is 3.62. The van der Waals surface area contributed by atoms with Gasteiger partial charge >= 0.3 is 0 Å². The van der Waals surface area contributed by atoms with Gasteiger partial charge in [0.25, 0.3) is 0 Å². The summed E-state index contributed by atoms with van der Waals surface area (Å²) in [5, 5.41) is 0. The lowest BCUT2D eigenvalue weighted by Crippen LogP contribution is -2.01. The summed E-state index contributed by atoms with van der Waals surface area (Å²) in [4.78, 5) is 8.89. The molecule has 2 N–H and O–H groups in total. The standard InChI is InChI=1S/C15H19N3S/c1-11(2)9-19-10-15-17-13(8-14(16)18-15)12-6-4-3-5-7-12/h3-8,11H,9-10H2,1-2H3,(H2,16,17,18). The Hall–Kier alpha value is -1.55. The summed E-state index contributed by atoms with van der Waals surface area (Å²) < 4.78 is 0. The maximum Gasteiger partial charge on any atom is 0.141 e. The molecular formula is C15H19N3S. The Balaban J connectivity index is 2.16. The van der Waals surface area contributed by atoms with E-state index in [0.29, 0.717) is 11.7 Å². The van der Waals surface area contributed by atoms with Gasteiger partial charge in [0.1, 0.15) is 11.6 Å². The summed E-state index contributed by atoms with van der Waals surface area (Å²) in [7, 11) is 0. The van der Waals surface area contributed by atoms with E-state index in [0.717, 1.165) is 28.6 Å². The van der Waals surface area contributed by atoms with Crippen LogP contribution < -0.4 is 5.73 Å². The highest BCUT2D eigenvalue weighted by Gasteiger charge is 2.05. The fourth-order valence-electron chi connectivity index (χ4n) is 1.72. The van der Waals surface area contributed by atoms with Crippen LogP contribution in [0.5, 0.6) is 0 Å². The summed E-state index contributed by atoms with van der Waals surface area (Å²) in [6, 6.07) is 11.9. The van der Waals surface area contributed by atoms with Crippen molar-refractivity contribution in [2.45, 2.75) is 19.6 Å². The fourth-order valence-corrected chi connectivity index (χ4v) is 2.63. The number of nitrogens with zero attached hydrogens (tertiary/aromatic N) is 2. The van der Waals surface area contributed by atoms with Gasteiger partial charge in [-0.1, -0.05) is 44.2 Å². The lowest BCUT2D eigenvalue weighted by Gasteiger charge is -2.07. The van der Waals surface area contributed by atoms with Gasteiger partial charge in [0.15, 0.2) is 0 Å². The summed E-state index contributed by atoms with van der Waals surface area (Å²) in [6.45, 7) is 4.42. The van der Waals surface area contributed by atoms with Crippen molar-refractivity contribution in [2.24, 2.45) is 5.92 Å². The Morgan fingerprint density at radius 3 is 2.58 bits per heavy atom. The zero-order valence-electron chi connectivity index (χ0n) is 11.3. The van der Waals surface area contributed by atoms with Gasteiger partial charge in [-0.2, -0.15) is 11.8 Å². The molecule has 3 nitrogen and oxygen atoms in total. The molecule has 0 fully saturated rings. The van der Waals surface area contributed by atoms with Crippen molar-refractivity contribution in [1.29, 1.82) is 0 Å². The number of rotatable bonds is 5. The molecule has 4 heteroatoms. The monoisotopic (exact) mass is 273 g/mol. The molecule has 2 rings (SSSR count). The third-order valence-electron chi connectivity index (χ3n) is 2.54. The third-order valence-corrected chi connectivity index (χ3v) is 3.91. The first-order valence-electron chi connectivity index (χ1n) is 6.41. The summed E-state index contributed by atoms with van der Waals surface area (Å²) in [5.74, 6) is 3.94. The van der Waals surface area contributed by atoms with E-state index in [1.54, 1.807) is 0 Å². The van der Waals surface area contributed by atoms with E-state index in [1.807, 2.05) is 48.2 Å². The van der Waals surface area contributed by atoms with Crippen molar-refractivity contribution in [3.8, 4) is 11.3 Å². The van der Waals surface area contributed by atoms with Crippen LogP contribution >= 0.6 is 11.8 Å². The molecule has 1 aromatic carbocycles. The van der Waals surface area contributed by atoms with E-state index < -0.39 is 0 Å². The minimum absolute atomic E-state index is 0.536. The topological polar surface area (TPSA) is 51.8 Å². The quantitative estimate of drug-likeness (QED) is 0.904. The van der Waals surface area contributed by atoms with Gasteiger partial charge in [-0.15, -0.1) is 0 Å². The number of benzene rings is 1. The first kappa shape index (κ1) is 13.9. The van der Waals surface area contributed by atoms with Gasteiger partial charge in [0.2, 0.25) is 0 Å². The molecule has 0 radical (unpaired) electrons. The van der Waals surface area contributed by atoms with Crippen LogP contribution in [-0.4, -0.2) is 15.7 Å². The van der Waals surface area contributed by atoms with Crippen molar-refractivity contribution in [2.75, 3.05) is 11.5 Å². The minimum Gasteiger partial charge on any atom is -0.384 e. The third kappa shape index (κ3) is 4.24. The lowest BCUT2D eigenvalue weighted by molar-refractivity contribution is 0.750. The van der Waals surface area contributed by atoms with Crippen LogP contribution in [0.25, 0.3) is 11.3 Å². The second kappa shape index (κ2) is 6.57. The smallest absolute Gasteiger partial charge is 0.141 e. The van der Waals surface area contributed by atoms with Gasteiger partial charge < -0.3 is 5.73 Å². The zero-order valence-corrected chi connectivity index (χ0v) is 12.2. The molecule has 0 spiro atoms. The highest BCUT2D eigenvalue weighted by molar-refractivity contribution is 7.98. The molecule has 0 saturated carbocycles. The molecule has 0 unspecified atom stereocenters. The van der Waals surface area contributed by atoms with Crippen molar-refractivity contribution in [3.05, 3.63) is 42.2 Å². The van der Waals surface area contributed by atoms with Crippen LogP contribution in [0.4, 0.5) is 5.82 Å². The molecule has 0 aliphatic heterocycles. The van der Waals surface area contributed by atoms with Gasteiger partial charge in [-0.3, -0.25) is 0 Å². The maximum atomic E-state index is 5.87. The molecule has 0 amide bonds. The number of hydrogen-bond acceptors (Lipinski definition) is 4. The molecule has 0 aliphatic carbocycles. The van der Waals surface area contributed by atoms with Gasteiger partial charge in [0, 0.05) is 11.6 Å². The van der Waals surface area contributed by atoms with Crippen LogP contribution in [0.15, 0.2) is 36.4 Å². The van der Waals surface area contributed by atoms with Crippen molar-refractivity contribution in [1.82, 2.24) is 9.97 Å². The molecule has 0 aliphatic rings. The molecular weight excluding hydrogens is 254 g/mol. The van der Waals surface area contributed by atoms with Crippen LogP contribution in [0, 0.1) is 5.92 Å². The zero-order chi connectivity index (χ0) is 13.7. The Morgan fingerprint density at radius 1 is 1.16 bits per heavy atom. The van der Waals surface area contributed by atoms with Gasteiger partial charge in [-0.25, -0.2) is 9.97 Å². The highest BCUT2D eigenvalue weighted by atomic mass is 32.2. The first-order chi connectivity index (χ1) is 9.15. The number of nitrogen functional groups attached to an aromatic ring is 1. The Morgan fingerprint density at radius 2 is 1.89 bits per heavy atom. The van der Waals surface area contributed by atoms with E-state index in [9.17, 15) is 0 Å². The molecule has 2 aromatic rings. The van der Waals surface area contributed by atoms with E-state index in [-0.39, 0.29) is 0 Å². The summed E-state index contributed by atoms with van der Waals surface area (Å²) >= 11 is 1.85. The average molecular weight is 273 g/mol. The summed E-state index contributed by atoms with van der Waals surface area (Å²) in [6.07, 6.45) is 0. The lowest BCUT2D eigenvalue weighted by atomic mass is 10.1. The number of hydrogen-bond donors (Lipinski definition) is 1. The molecule has 0 saturated heterocycles. The fraction of sp³-hybridized carbons (Fsp3) is 0.333. The second-order valence-corrected chi connectivity index (χ2v) is 5.90. The number of anilines is 1. The average Bonchev–Trinajstić information content (AvgIpc) is 2.39. The Kier molecular flexibility index (Phi) is 4.80. The maximum absolute atomic E-state index is 5.87. The molecule has 0 bridgehead atoms. The molecule has 1 heterocycles. The van der Waals surface area contributed by atoms with Crippen LogP contribution in [0.1, 0.15) is 19.7 Å². The van der Waals surface area contributed by atoms with Crippen LogP contribution in [-0.2, 0) is 5.75 Å². The van der Waals surface area contributed by atoms with E-state index in [1.165, 1.54) is 0 Å². The van der Waals surface area contributed by atoms with E-state index in [2.05, 4.69) is 23.8 Å². The van der Waals surface area contributed by atoms with E-state index in [4.69, 9.17) is 5.73 Å². The highest BCUT2D eigenvalue weighted by Crippen LogP contribution is 2.20. The normalized spacial score (nSPS) is 10.9. The molecule has 19 heavy (non-hydrogen) atoms. The number of aromatic nitrogens is 2. The molecule has 100 valence electrons. The van der Waals surface area contributed by atoms with Crippen molar-refractivity contribution < 1.29 is 0 Å². The number of nitrogens with two attached hydrogens (primary N) is 1. The molecule has 0 atom stereocenters. The summed E-state index contributed by atoms with van der Waals surface area (Å²) in [5.41, 5.74) is 7.84. The Bertz CT molecular complexity index is 526. The largest absolute Gasteiger partial charge is 0.384 e.